The lowest BCUT2D eigenvalue weighted by Crippen LogP contribution is -2.29. The molecule has 1 unspecified atom stereocenters. The summed E-state index contributed by atoms with van der Waals surface area (Å²) in [4.78, 5) is 28.3. The molecule has 2 heterocycles. The number of ketones is 1. The van der Waals surface area contributed by atoms with Crippen molar-refractivity contribution in [2.75, 3.05) is 4.90 Å². The fourth-order valence-electron chi connectivity index (χ4n) is 4.75. The fraction of sp³-hybridized carbons (Fsp3) is 0.143. The number of Topliss-reactive ketones (excluding diaryl/α,β-unsaturated/α-hetero) is 1. The topological polar surface area (TPSA) is 62.5 Å². The van der Waals surface area contributed by atoms with Gasteiger partial charge in [-0.2, -0.15) is 0 Å². The average molecular weight is 471 g/mol. The molecule has 0 spiro atoms. The minimum Gasteiger partial charge on any atom is -0.507 e. The van der Waals surface area contributed by atoms with Gasteiger partial charge in [0.1, 0.15) is 5.76 Å². The molecule has 0 aliphatic carbocycles. The number of benzene rings is 3. The van der Waals surface area contributed by atoms with Crippen molar-refractivity contribution < 1.29 is 14.7 Å². The van der Waals surface area contributed by atoms with Crippen LogP contribution >= 0.6 is 11.6 Å². The maximum Gasteiger partial charge on any atom is 0.300 e. The smallest absolute Gasteiger partial charge is 0.300 e. The molecule has 1 saturated heterocycles. The summed E-state index contributed by atoms with van der Waals surface area (Å²) < 4.78 is 1.96. The van der Waals surface area contributed by atoms with Crippen LogP contribution in [0.1, 0.15) is 28.3 Å². The molecule has 0 saturated carbocycles. The Kier molecular flexibility index (Phi) is 5.29. The number of para-hydroxylation sites is 1. The van der Waals surface area contributed by atoms with Crippen LogP contribution in [0.2, 0.25) is 5.02 Å². The quantitative estimate of drug-likeness (QED) is 0.224. The van der Waals surface area contributed by atoms with Crippen LogP contribution in [0.5, 0.6) is 0 Å². The molecule has 5 nitrogen and oxygen atoms in total. The molecule has 1 amide bonds. The van der Waals surface area contributed by atoms with Crippen LogP contribution in [0.25, 0.3) is 16.7 Å². The summed E-state index contributed by atoms with van der Waals surface area (Å²) in [6, 6.07) is 19.5. The van der Waals surface area contributed by atoms with E-state index in [9.17, 15) is 14.7 Å². The normalized spacial score (nSPS) is 17.6. The Labute approximate surface area is 202 Å². The van der Waals surface area contributed by atoms with Crippen LogP contribution in [-0.2, 0) is 16.6 Å². The lowest BCUT2D eigenvalue weighted by molar-refractivity contribution is -0.132. The molecule has 4 aromatic rings. The summed E-state index contributed by atoms with van der Waals surface area (Å²) in [7, 11) is 1.92. The van der Waals surface area contributed by atoms with E-state index >= 15 is 0 Å². The van der Waals surface area contributed by atoms with Gasteiger partial charge in [0, 0.05) is 46.0 Å². The first-order valence-corrected chi connectivity index (χ1v) is 11.3. The van der Waals surface area contributed by atoms with Crippen molar-refractivity contribution in [3.05, 3.63) is 106 Å². The molecule has 34 heavy (non-hydrogen) atoms. The number of halogens is 1. The number of amides is 1. The van der Waals surface area contributed by atoms with Gasteiger partial charge in [-0.25, -0.2) is 0 Å². The molecule has 1 fully saturated rings. The Balaban J connectivity index is 1.84. The summed E-state index contributed by atoms with van der Waals surface area (Å²) in [5.41, 5.74) is 4.56. The van der Waals surface area contributed by atoms with Crippen molar-refractivity contribution in [2.45, 2.75) is 19.9 Å². The SMILES string of the molecule is Cc1ccc(C)c(/C(O)=C2\C(=O)C(=O)N(c3cccc(Cl)c3)C2c2cn(C)c3ccccc23)c1. The van der Waals surface area contributed by atoms with Crippen molar-refractivity contribution in [1.29, 1.82) is 0 Å². The number of anilines is 1. The lowest BCUT2D eigenvalue weighted by atomic mass is 9.93. The molecule has 6 heteroatoms. The van der Waals surface area contributed by atoms with Crippen molar-refractivity contribution in [2.24, 2.45) is 7.05 Å². The molecule has 1 aliphatic heterocycles. The van der Waals surface area contributed by atoms with Gasteiger partial charge in [0.25, 0.3) is 11.7 Å². The zero-order chi connectivity index (χ0) is 24.1. The van der Waals surface area contributed by atoms with Gasteiger partial charge in [0.2, 0.25) is 0 Å². The number of hydrogen-bond acceptors (Lipinski definition) is 3. The number of nitrogens with zero attached hydrogens (tertiary/aromatic N) is 2. The third-order valence-electron chi connectivity index (χ3n) is 6.40. The first-order chi connectivity index (χ1) is 16.3. The van der Waals surface area contributed by atoms with Crippen LogP contribution in [-0.4, -0.2) is 21.4 Å². The Bertz CT molecular complexity index is 1520. The third kappa shape index (κ3) is 3.40. The molecule has 3 aromatic carbocycles. The summed E-state index contributed by atoms with van der Waals surface area (Å²) in [6.45, 7) is 3.79. The molecule has 1 atom stereocenters. The molecule has 0 radical (unpaired) electrons. The standard InChI is InChI=1S/C28H23ClN2O3/c1-16-11-12-17(2)21(13-16)26(32)24-25(22-15-30(3)23-10-5-4-9-20(22)23)31(28(34)27(24)33)19-8-6-7-18(29)14-19/h4-15,25,32H,1-3H3/b26-24+. The number of hydrogen-bond donors (Lipinski definition) is 1. The minimum absolute atomic E-state index is 0.0648. The van der Waals surface area contributed by atoms with Gasteiger partial charge in [-0.15, -0.1) is 0 Å². The van der Waals surface area contributed by atoms with E-state index in [-0.39, 0.29) is 11.3 Å². The monoisotopic (exact) mass is 470 g/mol. The third-order valence-corrected chi connectivity index (χ3v) is 6.64. The number of aliphatic hydroxyl groups is 1. The van der Waals surface area contributed by atoms with Crippen LogP contribution in [0.3, 0.4) is 0 Å². The van der Waals surface area contributed by atoms with Gasteiger partial charge in [-0.3, -0.25) is 14.5 Å². The van der Waals surface area contributed by atoms with Gasteiger partial charge >= 0.3 is 0 Å². The predicted octanol–water partition coefficient (Wildman–Crippen LogP) is 6.07. The van der Waals surface area contributed by atoms with E-state index in [1.54, 1.807) is 24.3 Å². The van der Waals surface area contributed by atoms with Crippen molar-refractivity contribution >= 4 is 45.6 Å². The summed E-state index contributed by atoms with van der Waals surface area (Å²) in [5.74, 6) is -1.61. The largest absolute Gasteiger partial charge is 0.507 e. The highest BCUT2D eigenvalue weighted by molar-refractivity contribution is 6.52. The second-order valence-corrected chi connectivity index (χ2v) is 9.12. The van der Waals surface area contributed by atoms with Crippen molar-refractivity contribution in [3.63, 3.8) is 0 Å². The van der Waals surface area contributed by atoms with E-state index in [2.05, 4.69) is 0 Å². The van der Waals surface area contributed by atoms with E-state index in [0.29, 0.717) is 16.3 Å². The minimum atomic E-state index is -0.815. The molecule has 1 aliphatic rings. The first kappa shape index (κ1) is 22.0. The Hall–Kier alpha value is -3.83. The zero-order valence-electron chi connectivity index (χ0n) is 19.0. The van der Waals surface area contributed by atoms with E-state index in [4.69, 9.17) is 11.6 Å². The molecular weight excluding hydrogens is 448 g/mol. The van der Waals surface area contributed by atoms with Gasteiger partial charge in [0.15, 0.2) is 0 Å². The van der Waals surface area contributed by atoms with Crippen LogP contribution < -0.4 is 4.90 Å². The average Bonchev–Trinajstić information content (AvgIpc) is 3.29. The molecule has 1 aromatic heterocycles. The molecule has 5 rings (SSSR count). The Morgan fingerprint density at radius 1 is 0.971 bits per heavy atom. The lowest BCUT2D eigenvalue weighted by Gasteiger charge is -2.25. The highest BCUT2D eigenvalue weighted by atomic mass is 35.5. The molecular formula is C28H23ClN2O3. The van der Waals surface area contributed by atoms with Crippen molar-refractivity contribution in [1.82, 2.24) is 4.57 Å². The van der Waals surface area contributed by atoms with Crippen LogP contribution in [0.15, 0.2) is 78.5 Å². The summed E-state index contributed by atoms with van der Waals surface area (Å²) in [6.07, 6.45) is 1.91. The van der Waals surface area contributed by atoms with Crippen molar-refractivity contribution in [3.8, 4) is 0 Å². The fourth-order valence-corrected chi connectivity index (χ4v) is 4.93. The molecule has 1 N–H and O–H groups in total. The number of aliphatic hydroxyl groups excluding tert-OH is 1. The second-order valence-electron chi connectivity index (χ2n) is 8.68. The maximum absolute atomic E-state index is 13.5. The Morgan fingerprint density at radius 3 is 2.50 bits per heavy atom. The number of aryl methyl sites for hydroxylation is 3. The van der Waals surface area contributed by atoms with Crippen LogP contribution in [0, 0.1) is 13.8 Å². The number of rotatable bonds is 3. The second kappa shape index (κ2) is 8.19. The highest BCUT2D eigenvalue weighted by Crippen LogP contribution is 2.45. The number of aromatic nitrogens is 1. The van der Waals surface area contributed by atoms with Gasteiger partial charge in [0.05, 0.1) is 11.6 Å². The number of carbonyl (C=O) groups is 2. The zero-order valence-corrected chi connectivity index (χ0v) is 19.8. The van der Waals surface area contributed by atoms with Crippen LogP contribution in [0.4, 0.5) is 5.69 Å². The Morgan fingerprint density at radius 2 is 1.74 bits per heavy atom. The van der Waals surface area contributed by atoms with Gasteiger partial charge in [-0.05, 0) is 49.7 Å². The molecule has 170 valence electrons. The summed E-state index contributed by atoms with van der Waals surface area (Å²) in [5, 5.41) is 12.8. The van der Waals surface area contributed by atoms with E-state index in [0.717, 1.165) is 27.6 Å². The molecule has 0 bridgehead atoms. The highest BCUT2D eigenvalue weighted by Gasteiger charge is 2.48. The first-order valence-electron chi connectivity index (χ1n) is 11.0. The van der Waals surface area contributed by atoms with Gasteiger partial charge < -0.3 is 9.67 Å². The van der Waals surface area contributed by atoms with E-state index in [1.807, 2.05) is 74.1 Å². The van der Waals surface area contributed by atoms with E-state index in [1.165, 1.54) is 4.90 Å². The number of carbonyl (C=O) groups excluding carboxylic acids is 2. The maximum atomic E-state index is 13.5. The predicted molar refractivity (Wildman–Crippen MR) is 135 cm³/mol. The summed E-state index contributed by atoms with van der Waals surface area (Å²) >= 11 is 6.24. The van der Waals surface area contributed by atoms with Gasteiger partial charge in [-0.1, -0.05) is 53.6 Å². The van der Waals surface area contributed by atoms with E-state index < -0.39 is 17.7 Å². The number of fused-ring (bicyclic) bond motifs is 1.